The van der Waals surface area contributed by atoms with Crippen molar-refractivity contribution in [3.8, 4) is 0 Å². The van der Waals surface area contributed by atoms with Crippen LogP contribution in [0.15, 0.2) is 6.33 Å². The molecule has 2 N–H and O–H groups in total. The van der Waals surface area contributed by atoms with Crippen molar-refractivity contribution in [2.24, 2.45) is 0 Å². The zero-order chi connectivity index (χ0) is 13.2. The van der Waals surface area contributed by atoms with Gasteiger partial charge in [0, 0.05) is 31.6 Å². The van der Waals surface area contributed by atoms with Crippen LogP contribution in [0.3, 0.4) is 0 Å². The summed E-state index contributed by atoms with van der Waals surface area (Å²) in [6.45, 7) is 3.71. The number of hydrogen-bond donors (Lipinski definition) is 1. The number of rotatable bonds is 0. The van der Waals surface area contributed by atoms with Gasteiger partial charge in [0.25, 0.3) is 0 Å². The number of carbonyl (C=O) groups is 1. The van der Waals surface area contributed by atoms with Crippen molar-refractivity contribution in [1.82, 2.24) is 19.8 Å². The molecule has 2 aliphatic rings. The first kappa shape index (κ1) is 12.2. The van der Waals surface area contributed by atoms with Crippen LogP contribution < -0.4 is 5.73 Å². The highest BCUT2D eigenvalue weighted by atomic mass is 16.5. The Balaban J connectivity index is 1.74. The Morgan fingerprint density at radius 2 is 2.00 bits per heavy atom. The zero-order valence-corrected chi connectivity index (χ0v) is 10.7. The molecule has 7 nitrogen and oxygen atoms in total. The molecule has 0 aromatic carbocycles. The number of urea groups is 1. The maximum atomic E-state index is 12.4. The molecule has 0 atom stereocenters. The molecule has 1 aromatic heterocycles. The molecule has 0 radical (unpaired) electrons. The van der Waals surface area contributed by atoms with Gasteiger partial charge in [-0.25, -0.2) is 14.8 Å². The first-order valence-corrected chi connectivity index (χ1v) is 6.45. The Kier molecular flexibility index (Phi) is 3.20. The van der Waals surface area contributed by atoms with Gasteiger partial charge in [-0.1, -0.05) is 0 Å². The van der Waals surface area contributed by atoms with Crippen LogP contribution in [-0.4, -0.2) is 58.6 Å². The Morgan fingerprint density at radius 1 is 1.21 bits per heavy atom. The molecule has 1 fully saturated rings. The number of carbonyl (C=O) groups excluding carboxylic acids is 1. The van der Waals surface area contributed by atoms with Crippen LogP contribution >= 0.6 is 0 Å². The molecule has 1 saturated heterocycles. The van der Waals surface area contributed by atoms with Gasteiger partial charge in [0.2, 0.25) is 0 Å². The van der Waals surface area contributed by atoms with E-state index in [2.05, 4.69) is 9.97 Å². The maximum Gasteiger partial charge on any atom is 0.320 e. The minimum Gasteiger partial charge on any atom is -0.383 e. The third-order valence-corrected chi connectivity index (χ3v) is 3.59. The Bertz CT molecular complexity index is 487. The fourth-order valence-electron chi connectivity index (χ4n) is 2.48. The number of amides is 2. The predicted molar refractivity (Wildman–Crippen MR) is 68.3 cm³/mol. The van der Waals surface area contributed by atoms with Crippen LogP contribution in [0, 0.1) is 0 Å². The van der Waals surface area contributed by atoms with Crippen molar-refractivity contribution in [3.05, 3.63) is 17.6 Å². The zero-order valence-electron chi connectivity index (χ0n) is 10.7. The van der Waals surface area contributed by atoms with E-state index in [0.717, 1.165) is 17.7 Å². The van der Waals surface area contributed by atoms with Crippen molar-refractivity contribution in [2.75, 3.05) is 38.6 Å². The van der Waals surface area contributed by atoms with Gasteiger partial charge in [-0.05, 0) is 0 Å². The van der Waals surface area contributed by atoms with Gasteiger partial charge in [-0.2, -0.15) is 0 Å². The Labute approximate surface area is 111 Å². The highest BCUT2D eigenvalue weighted by Gasteiger charge is 2.27. The van der Waals surface area contributed by atoms with E-state index in [4.69, 9.17) is 10.5 Å². The van der Waals surface area contributed by atoms with E-state index in [9.17, 15) is 4.79 Å². The average molecular weight is 263 g/mol. The van der Waals surface area contributed by atoms with E-state index in [1.54, 1.807) is 0 Å². The van der Waals surface area contributed by atoms with Gasteiger partial charge in [0.05, 0.1) is 25.5 Å². The molecule has 0 aliphatic carbocycles. The molecule has 0 saturated carbocycles. The lowest BCUT2D eigenvalue weighted by Gasteiger charge is -2.35. The first-order chi connectivity index (χ1) is 9.25. The van der Waals surface area contributed by atoms with E-state index in [-0.39, 0.29) is 6.03 Å². The van der Waals surface area contributed by atoms with Crippen molar-refractivity contribution < 1.29 is 9.53 Å². The first-order valence-electron chi connectivity index (χ1n) is 6.45. The topological polar surface area (TPSA) is 84.6 Å². The van der Waals surface area contributed by atoms with Gasteiger partial charge in [0.1, 0.15) is 12.1 Å². The smallest absolute Gasteiger partial charge is 0.320 e. The number of anilines is 1. The number of ether oxygens (including phenoxy) is 1. The number of nitrogens with two attached hydrogens (primary N) is 1. The number of hydrogen-bond acceptors (Lipinski definition) is 5. The summed E-state index contributed by atoms with van der Waals surface area (Å²) < 4.78 is 5.26. The molecule has 3 rings (SSSR count). The molecular formula is C12H17N5O2. The Morgan fingerprint density at radius 3 is 2.79 bits per heavy atom. The number of nitrogen functional groups attached to an aromatic ring is 1. The second-order valence-electron chi connectivity index (χ2n) is 4.74. The van der Waals surface area contributed by atoms with Crippen molar-refractivity contribution in [1.29, 1.82) is 0 Å². The van der Waals surface area contributed by atoms with Crippen molar-refractivity contribution in [3.63, 3.8) is 0 Å². The molecular weight excluding hydrogens is 246 g/mol. The highest BCUT2D eigenvalue weighted by Crippen LogP contribution is 2.21. The minimum atomic E-state index is 0.0530. The molecule has 7 heteroatoms. The number of fused-ring (bicyclic) bond motifs is 1. The van der Waals surface area contributed by atoms with Crippen LogP contribution in [0.1, 0.15) is 11.3 Å². The summed E-state index contributed by atoms with van der Waals surface area (Å²) in [5.74, 6) is 0.476. The maximum absolute atomic E-state index is 12.4. The fourth-order valence-corrected chi connectivity index (χ4v) is 2.48. The summed E-state index contributed by atoms with van der Waals surface area (Å²) in [4.78, 5) is 24.2. The van der Waals surface area contributed by atoms with Gasteiger partial charge in [-0.3, -0.25) is 0 Å². The summed E-state index contributed by atoms with van der Waals surface area (Å²) in [6, 6.07) is 0.0530. The quantitative estimate of drug-likeness (QED) is 0.704. The second kappa shape index (κ2) is 5.00. The summed E-state index contributed by atoms with van der Waals surface area (Å²) in [5.41, 5.74) is 7.70. The number of morpholine rings is 1. The molecule has 3 heterocycles. The van der Waals surface area contributed by atoms with Crippen LogP contribution in [0.25, 0.3) is 0 Å². The lowest BCUT2D eigenvalue weighted by Crippen LogP contribution is -2.49. The third-order valence-electron chi connectivity index (χ3n) is 3.59. The van der Waals surface area contributed by atoms with E-state index >= 15 is 0 Å². The molecule has 0 unspecified atom stereocenters. The predicted octanol–water partition coefficient (Wildman–Crippen LogP) is -0.131. The van der Waals surface area contributed by atoms with Crippen molar-refractivity contribution in [2.45, 2.75) is 13.0 Å². The lowest BCUT2D eigenvalue weighted by molar-refractivity contribution is 0.0421. The standard InChI is InChI=1S/C12H17N5O2/c13-11-9-7-17(2-1-10(9)14-8-15-11)12(18)16-3-5-19-6-4-16/h8H,1-7H2,(H2,13,14,15). The van der Waals surface area contributed by atoms with E-state index in [0.29, 0.717) is 45.2 Å². The van der Waals surface area contributed by atoms with E-state index in [1.165, 1.54) is 6.33 Å². The highest BCUT2D eigenvalue weighted by molar-refractivity contribution is 5.75. The minimum absolute atomic E-state index is 0.0530. The van der Waals surface area contributed by atoms with Crippen LogP contribution in [0.2, 0.25) is 0 Å². The van der Waals surface area contributed by atoms with E-state index < -0.39 is 0 Å². The van der Waals surface area contributed by atoms with Crippen LogP contribution in [-0.2, 0) is 17.7 Å². The summed E-state index contributed by atoms with van der Waals surface area (Å²) in [6.07, 6.45) is 2.21. The van der Waals surface area contributed by atoms with Gasteiger partial charge >= 0.3 is 6.03 Å². The molecule has 2 aliphatic heterocycles. The summed E-state index contributed by atoms with van der Waals surface area (Å²) in [7, 11) is 0. The molecule has 0 bridgehead atoms. The molecule has 0 spiro atoms. The van der Waals surface area contributed by atoms with Gasteiger partial charge in [-0.15, -0.1) is 0 Å². The molecule has 1 aromatic rings. The second-order valence-corrected chi connectivity index (χ2v) is 4.74. The summed E-state index contributed by atoms with van der Waals surface area (Å²) in [5, 5.41) is 0. The normalized spacial score (nSPS) is 19.2. The van der Waals surface area contributed by atoms with E-state index in [1.807, 2.05) is 9.80 Å². The molecule has 102 valence electrons. The average Bonchev–Trinajstić information content (AvgIpc) is 2.47. The largest absolute Gasteiger partial charge is 0.383 e. The SMILES string of the molecule is Nc1ncnc2c1CN(C(=O)N1CCOCC1)CC2. The van der Waals surface area contributed by atoms with Gasteiger partial charge in [0.15, 0.2) is 0 Å². The number of aromatic nitrogens is 2. The van der Waals surface area contributed by atoms with Crippen LogP contribution in [0.4, 0.5) is 10.6 Å². The van der Waals surface area contributed by atoms with Crippen LogP contribution in [0.5, 0.6) is 0 Å². The Hall–Kier alpha value is -1.89. The third kappa shape index (κ3) is 2.33. The van der Waals surface area contributed by atoms with Crippen molar-refractivity contribution >= 4 is 11.8 Å². The van der Waals surface area contributed by atoms with Gasteiger partial charge < -0.3 is 20.3 Å². The fraction of sp³-hybridized carbons (Fsp3) is 0.583. The summed E-state index contributed by atoms with van der Waals surface area (Å²) >= 11 is 0. The lowest BCUT2D eigenvalue weighted by atomic mass is 10.1. The molecule has 19 heavy (non-hydrogen) atoms. The monoisotopic (exact) mass is 263 g/mol. The number of nitrogens with zero attached hydrogens (tertiary/aromatic N) is 4. The molecule has 2 amide bonds.